The first-order valence-electron chi connectivity index (χ1n) is 6.65. The first kappa shape index (κ1) is 12.3. The van der Waals surface area contributed by atoms with Crippen molar-refractivity contribution < 1.29 is 4.74 Å². The van der Waals surface area contributed by atoms with Crippen LogP contribution in [0.2, 0.25) is 0 Å². The lowest BCUT2D eigenvalue weighted by Crippen LogP contribution is -2.49. The fraction of sp³-hybridized carbons (Fsp3) is 1.00. The minimum absolute atomic E-state index is 0.387. The van der Waals surface area contributed by atoms with Gasteiger partial charge in [-0.1, -0.05) is 6.92 Å². The molecular weight excluding hydrogens is 200 g/mol. The zero-order valence-corrected chi connectivity index (χ0v) is 11.0. The van der Waals surface area contributed by atoms with E-state index in [0.717, 1.165) is 32.8 Å². The highest BCUT2D eigenvalue weighted by atomic mass is 16.5. The number of nitrogens with one attached hydrogen (secondary N) is 1. The molecule has 0 aromatic heterocycles. The molecule has 3 heteroatoms. The Balaban J connectivity index is 1.65. The van der Waals surface area contributed by atoms with Crippen LogP contribution in [0.4, 0.5) is 0 Å². The summed E-state index contributed by atoms with van der Waals surface area (Å²) in [4.78, 5) is 2.51. The smallest absolute Gasteiger partial charge is 0.0826 e. The largest absolute Gasteiger partial charge is 0.374 e. The molecule has 0 aromatic rings. The van der Waals surface area contributed by atoms with E-state index in [1.807, 2.05) is 0 Å². The standard InChI is InChI=1S/C13H26N2O/c1-11(2)15-6-7-16-12(9-15)8-14-10-13(3)4-5-13/h11-12,14H,4-10H2,1-3H3. The summed E-state index contributed by atoms with van der Waals surface area (Å²) in [6.45, 7) is 12.1. The predicted molar refractivity (Wildman–Crippen MR) is 66.7 cm³/mol. The van der Waals surface area contributed by atoms with Crippen LogP contribution in [0.5, 0.6) is 0 Å². The molecule has 1 atom stereocenters. The molecule has 0 spiro atoms. The summed E-state index contributed by atoms with van der Waals surface area (Å²) in [5.74, 6) is 0. The maximum Gasteiger partial charge on any atom is 0.0826 e. The zero-order chi connectivity index (χ0) is 11.6. The van der Waals surface area contributed by atoms with Gasteiger partial charge in [0.05, 0.1) is 12.7 Å². The monoisotopic (exact) mass is 226 g/mol. The molecule has 1 heterocycles. The highest BCUT2D eigenvalue weighted by Crippen LogP contribution is 2.43. The Kier molecular flexibility index (Phi) is 3.88. The lowest BCUT2D eigenvalue weighted by atomic mass is 10.1. The Bertz CT molecular complexity index is 226. The van der Waals surface area contributed by atoms with Crippen LogP contribution in [0.15, 0.2) is 0 Å². The van der Waals surface area contributed by atoms with Gasteiger partial charge >= 0.3 is 0 Å². The van der Waals surface area contributed by atoms with E-state index in [9.17, 15) is 0 Å². The van der Waals surface area contributed by atoms with Crippen molar-refractivity contribution in [3.63, 3.8) is 0 Å². The van der Waals surface area contributed by atoms with Crippen LogP contribution in [-0.4, -0.2) is 49.8 Å². The van der Waals surface area contributed by atoms with Gasteiger partial charge in [0, 0.05) is 32.2 Å². The van der Waals surface area contributed by atoms with Gasteiger partial charge in [0.1, 0.15) is 0 Å². The summed E-state index contributed by atoms with van der Waals surface area (Å²) in [5, 5.41) is 3.57. The molecule has 0 radical (unpaired) electrons. The third-order valence-electron chi connectivity index (χ3n) is 3.93. The number of hydrogen-bond donors (Lipinski definition) is 1. The lowest BCUT2D eigenvalue weighted by Gasteiger charge is -2.35. The van der Waals surface area contributed by atoms with Crippen molar-refractivity contribution >= 4 is 0 Å². The average molecular weight is 226 g/mol. The second kappa shape index (κ2) is 5.03. The van der Waals surface area contributed by atoms with Gasteiger partial charge in [-0.25, -0.2) is 0 Å². The second-order valence-electron chi connectivity index (χ2n) is 6.02. The van der Waals surface area contributed by atoms with E-state index in [1.54, 1.807) is 0 Å². The van der Waals surface area contributed by atoms with Crippen molar-refractivity contribution in [2.75, 3.05) is 32.8 Å². The molecule has 2 rings (SSSR count). The molecule has 1 unspecified atom stereocenters. The van der Waals surface area contributed by atoms with Gasteiger partial charge in [0.25, 0.3) is 0 Å². The molecule has 1 aliphatic heterocycles. The van der Waals surface area contributed by atoms with Crippen LogP contribution in [0, 0.1) is 5.41 Å². The molecule has 0 amide bonds. The van der Waals surface area contributed by atoms with Crippen molar-refractivity contribution in [2.24, 2.45) is 5.41 Å². The Morgan fingerprint density at radius 3 is 2.81 bits per heavy atom. The predicted octanol–water partition coefficient (Wildman–Crippen LogP) is 1.49. The molecule has 94 valence electrons. The molecule has 1 N–H and O–H groups in total. The highest BCUT2D eigenvalue weighted by Gasteiger charge is 2.36. The van der Waals surface area contributed by atoms with Crippen LogP contribution in [0.1, 0.15) is 33.6 Å². The third kappa shape index (κ3) is 3.44. The van der Waals surface area contributed by atoms with Crippen molar-refractivity contribution in [2.45, 2.75) is 45.8 Å². The van der Waals surface area contributed by atoms with Crippen molar-refractivity contribution in [1.29, 1.82) is 0 Å². The number of rotatable bonds is 5. The number of ether oxygens (including phenoxy) is 1. The van der Waals surface area contributed by atoms with Gasteiger partial charge in [-0.3, -0.25) is 4.90 Å². The van der Waals surface area contributed by atoms with E-state index >= 15 is 0 Å². The van der Waals surface area contributed by atoms with Crippen LogP contribution in [-0.2, 0) is 4.74 Å². The summed E-state index contributed by atoms with van der Waals surface area (Å²) in [5.41, 5.74) is 0.604. The molecule has 0 aromatic carbocycles. The first-order chi connectivity index (χ1) is 7.59. The quantitative estimate of drug-likeness (QED) is 0.768. The minimum Gasteiger partial charge on any atom is -0.374 e. The average Bonchev–Trinajstić information content (AvgIpc) is 2.97. The summed E-state index contributed by atoms with van der Waals surface area (Å²) in [7, 11) is 0. The molecule has 1 saturated heterocycles. The van der Waals surface area contributed by atoms with E-state index in [-0.39, 0.29) is 0 Å². The van der Waals surface area contributed by atoms with Crippen molar-refractivity contribution in [3.05, 3.63) is 0 Å². The molecule has 16 heavy (non-hydrogen) atoms. The highest BCUT2D eigenvalue weighted by molar-refractivity contribution is 4.90. The minimum atomic E-state index is 0.387. The van der Waals surface area contributed by atoms with Crippen LogP contribution in [0.25, 0.3) is 0 Å². The van der Waals surface area contributed by atoms with Crippen LogP contribution < -0.4 is 5.32 Å². The van der Waals surface area contributed by atoms with E-state index < -0.39 is 0 Å². The molecule has 0 bridgehead atoms. The Morgan fingerprint density at radius 1 is 1.44 bits per heavy atom. The molecule has 3 nitrogen and oxygen atoms in total. The summed E-state index contributed by atoms with van der Waals surface area (Å²) in [6.07, 6.45) is 3.17. The third-order valence-corrected chi connectivity index (χ3v) is 3.93. The summed E-state index contributed by atoms with van der Waals surface area (Å²) in [6, 6.07) is 0.646. The molecule has 1 aliphatic carbocycles. The number of nitrogens with zero attached hydrogens (tertiary/aromatic N) is 1. The van der Waals surface area contributed by atoms with E-state index in [2.05, 4.69) is 31.0 Å². The number of hydrogen-bond acceptors (Lipinski definition) is 3. The van der Waals surface area contributed by atoms with Gasteiger partial charge in [0.2, 0.25) is 0 Å². The van der Waals surface area contributed by atoms with Gasteiger partial charge in [-0.2, -0.15) is 0 Å². The second-order valence-corrected chi connectivity index (χ2v) is 6.02. The lowest BCUT2D eigenvalue weighted by molar-refractivity contribution is -0.0374. The maximum atomic E-state index is 5.79. The van der Waals surface area contributed by atoms with Gasteiger partial charge in [-0.15, -0.1) is 0 Å². The fourth-order valence-corrected chi connectivity index (χ4v) is 2.26. The van der Waals surface area contributed by atoms with Crippen LogP contribution >= 0.6 is 0 Å². The Hall–Kier alpha value is -0.120. The summed E-state index contributed by atoms with van der Waals surface area (Å²) >= 11 is 0. The normalized spacial score (nSPS) is 29.6. The molecule has 1 saturated carbocycles. The van der Waals surface area contributed by atoms with E-state index in [4.69, 9.17) is 4.74 Å². The molecular formula is C13H26N2O. The molecule has 2 fully saturated rings. The topological polar surface area (TPSA) is 24.5 Å². The number of morpholine rings is 1. The maximum absolute atomic E-state index is 5.79. The Morgan fingerprint density at radius 2 is 2.19 bits per heavy atom. The van der Waals surface area contributed by atoms with Crippen LogP contribution in [0.3, 0.4) is 0 Å². The van der Waals surface area contributed by atoms with Gasteiger partial charge < -0.3 is 10.1 Å². The zero-order valence-electron chi connectivity index (χ0n) is 11.0. The fourth-order valence-electron chi connectivity index (χ4n) is 2.26. The van der Waals surface area contributed by atoms with Crippen molar-refractivity contribution in [1.82, 2.24) is 10.2 Å². The first-order valence-corrected chi connectivity index (χ1v) is 6.65. The molecule has 2 aliphatic rings. The van der Waals surface area contributed by atoms with Gasteiger partial charge in [-0.05, 0) is 32.1 Å². The van der Waals surface area contributed by atoms with E-state index in [0.29, 0.717) is 17.6 Å². The van der Waals surface area contributed by atoms with Crippen molar-refractivity contribution in [3.8, 4) is 0 Å². The van der Waals surface area contributed by atoms with Gasteiger partial charge in [0.15, 0.2) is 0 Å². The Labute approximate surface area is 99.5 Å². The summed E-state index contributed by atoms with van der Waals surface area (Å²) < 4.78 is 5.79. The SMILES string of the molecule is CC(C)N1CCOC(CNCC2(C)CC2)C1. The van der Waals surface area contributed by atoms with E-state index in [1.165, 1.54) is 12.8 Å².